The molecule has 2 aromatic rings. The van der Waals surface area contributed by atoms with Crippen molar-refractivity contribution in [1.82, 2.24) is 10.1 Å². The van der Waals surface area contributed by atoms with E-state index in [0.717, 1.165) is 18.4 Å². The minimum Gasteiger partial charge on any atom is -0.485 e. The minimum absolute atomic E-state index is 0.168. The van der Waals surface area contributed by atoms with E-state index in [1.165, 1.54) is 12.1 Å². The predicted octanol–water partition coefficient (Wildman–Crippen LogP) is 2.17. The molecule has 3 rings (SSSR count). The van der Waals surface area contributed by atoms with Crippen LogP contribution in [0.2, 0.25) is 0 Å². The van der Waals surface area contributed by atoms with Crippen LogP contribution in [0.15, 0.2) is 22.7 Å². The molecule has 20 heavy (non-hydrogen) atoms. The van der Waals surface area contributed by atoms with Gasteiger partial charge in [0.15, 0.2) is 6.61 Å². The summed E-state index contributed by atoms with van der Waals surface area (Å²) in [6.45, 7) is 0.639. The van der Waals surface area contributed by atoms with Crippen LogP contribution in [0.3, 0.4) is 0 Å². The molecule has 0 atom stereocenters. The average Bonchev–Trinajstić information content (AvgIpc) is 3.16. The quantitative estimate of drug-likeness (QED) is 0.875. The highest BCUT2D eigenvalue weighted by Gasteiger charge is 2.29. The summed E-state index contributed by atoms with van der Waals surface area (Å²) in [6, 6.07) is 4.57. The number of nitrogens with zero attached hydrogens (tertiary/aromatic N) is 2. The summed E-state index contributed by atoms with van der Waals surface area (Å²) in [4.78, 5) is 4.25. The number of benzene rings is 1. The van der Waals surface area contributed by atoms with E-state index in [1.54, 1.807) is 6.07 Å². The Hall–Kier alpha value is -1.95. The van der Waals surface area contributed by atoms with E-state index >= 15 is 0 Å². The van der Waals surface area contributed by atoms with Crippen LogP contribution < -0.4 is 10.5 Å². The van der Waals surface area contributed by atoms with E-state index in [1.807, 2.05) is 0 Å². The number of ether oxygens (including phenoxy) is 1. The van der Waals surface area contributed by atoms with Crippen molar-refractivity contribution in [3.63, 3.8) is 0 Å². The summed E-state index contributed by atoms with van der Waals surface area (Å²) in [5, 5.41) is 3.85. The maximum absolute atomic E-state index is 13.4. The Bertz CT molecular complexity index is 596. The van der Waals surface area contributed by atoms with Crippen molar-refractivity contribution in [2.24, 2.45) is 5.73 Å². The van der Waals surface area contributed by atoms with Gasteiger partial charge in [-0.3, -0.25) is 0 Å². The van der Waals surface area contributed by atoms with Crippen LogP contribution in [0.25, 0.3) is 0 Å². The SMILES string of the molecule is NCCc1cc(F)cc(OCc2noc(C3CC3)n2)c1. The first-order chi connectivity index (χ1) is 9.74. The molecule has 0 bridgehead atoms. The molecule has 106 valence electrons. The molecule has 5 nitrogen and oxygen atoms in total. The third kappa shape index (κ3) is 3.14. The number of hydrogen-bond acceptors (Lipinski definition) is 5. The molecular formula is C14H16FN3O2. The van der Waals surface area contributed by atoms with E-state index < -0.39 is 0 Å². The lowest BCUT2D eigenvalue weighted by Crippen LogP contribution is -2.04. The lowest BCUT2D eigenvalue weighted by atomic mass is 10.1. The van der Waals surface area contributed by atoms with Crippen molar-refractivity contribution in [2.45, 2.75) is 31.8 Å². The van der Waals surface area contributed by atoms with Gasteiger partial charge in [0, 0.05) is 12.0 Å². The number of rotatable bonds is 6. The fraction of sp³-hybridized carbons (Fsp3) is 0.429. The van der Waals surface area contributed by atoms with E-state index in [2.05, 4.69) is 10.1 Å². The molecule has 0 spiro atoms. The molecule has 0 aliphatic heterocycles. The average molecular weight is 277 g/mol. The molecule has 6 heteroatoms. The van der Waals surface area contributed by atoms with Gasteiger partial charge in [-0.25, -0.2) is 4.39 Å². The van der Waals surface area contributed by atoms with Gasteiger partial charge in [0.05, 0.1) is 0 Å². The van der Waals surface area contributed by atoms with Gasteiger partial charge >= 0.3 is 0 Å². The number of nitrogens with two attached hydrogens (primary N) is 1. The number of halogens is 1. The largest absolute Gasteiger partial charge is 0.485 e. The lowest BCUT2D eigenvalue weighted by Gasteiger charge is -2.06. The Labute approximate surface area is 115 Å². The van der Waals surface area contributed by atoms with Gasteiger partial charge in [-0.1, -0.05) is 5.16 Å². The smallest absolute Gasteiger partial charge is 0.229 e. The van der Waals surface area contributed by atoms with E-state index in [0.29, 0.717) is 36.3 Å². The Morgan fingerprint density at radius 2 is 2.20 bits per heavy atom. The second-order valence-electron chi connectivity index (χ2n) is 4.95. The van der Waals surface area contributed by atoms with Gasteiger partial charge in [0.25, 0.3) is 0 Å². The zero-order valence-electron chi connectivity index (χ0n) is 11.0. The second-order valence-corrected chi connectivity index (χ2v) is 4.95. The topological polar surface area (TPSA) is 74.2 Å². The fourth-order valence-corrected chi connectivity index (χ4v) is 1.99. The molecule has 0 saturated heterocycles. The maximum Gasteiger partial charge on any atom is 0.229 e. The van der Waals surface area contributed by atoms with Crippen molar-refractivity contribution in [3.8, 4) is 5.75 Å². The van der Waals surface area contributed by atoms with Crippen LogP contribution in [0.1, 0.15) is 36.0 Å². The summed E-state index contributed by atoms with van der Waals surface area (Å²) in [7, 11) is 0. The Morgan fingerprint density at radius 3 is 2.95 bits per heavy atom. The zero-order valence-corrected chi connectivity index (χ0v) is 11.0. The highest BCUT2D eigenvalue weighted by molar-refractivity contribution is 5.29. The summed E-state index contributed by atoms with van der Waals surface area (Å²) in [5.41, 5.74) is 6.28. The van der Waals surface area contributed by atoms with Crippen LogP contribution >= 0.6 is 0 Å². The summed E-state index contributed by atoms with van der Waals surface area (Å²) in [6.07, 6.45) is 2.83. The van der Waals surface area contributed by atoms with Crippen molar-refractivity contribution in [3.05, 3.63) is 41.3 Å². The third-order valence-corrected chi connectivity index (χ3v) is 3.14. The molecule has 1 fully saturated rings. The summed E-state index contributed by atoms with van der Waals surface area (Å²) >= 11 is 0. The van der Waals surface area contributed by atoms with Gasteiger partial charge in [-0.2, -0.15) is 4.98 Å². The maximum atomic E-state index is 13.4. The van der Waals surface area contributed by atoms with Gasteiger partial charge in [-0.05, 0) is 43.5 Å². The monoisotopic (exact) mass is 277 g/mol. The lowest BCUT2D eigenvalue weighted by molar-refractivity contribution is 0.283. The summed E-state index contributed by atoms with van der Waals surface area (Å²) < 4.78 is 24.1. The molecule has 0 radical (unpaired) electrons. The molecule has 1 saturated carbocycles. The summed E-state index contributed by atoms with van der Waals surface area (Å²) in [5.74, 6) is 1.69. The Kier molecular flexibility index (Phi) is 3.64. The third-order valence-electron chi connectivity index (χ3n) is 3.14. The van der Waals surface area contributed by atoms with E-state index in [9.17, 15) is 4.39 Å². The zero-order chi connectivity index (χ0) is 13.9. The molecular weight excluding hydrogens is 261 g/mol. The van der Waals surface area contributed by atoms with Crippen molar-refractivity contribution in [2.75, 3.05) is 6.54 Å². The Balaban J connectivity index is 1.64. The number of aromatic nitrogens is 2. The van der Waals surface area contributed by atoms with Gasteiger partial charge in [0.1, 0.15) is 11.6 Å². The predicted molar refractivity (Wildman–Crippen MR) is 69.8 cm³/mol. The van der Waals surface area contributed by atoms with E-state index in [4.69, 9.17) is 15.0 Å². The second kappa shape index (κ2) is 5.58. The van der Waals surface area contributed by atoms with Crippen LogP contribution in [0, 0.1) is 5.82 Å². The van der Waals surface area contributed by atoms with Crippen molar-refractivity contribution >= 4 is 0 Å². The van der Waals surface area contributed by atoms with Crippen LogP contribution in [0.4, 0.5) is 4.39 Å². The fourth-order valence-electron chi connectivity index (χ4n) is 1.99. The molecule has 1 aliphatic carbocycles. The van der Waals surface area contributed by atoms with Crippen LogP contribution in [-0.4, -0.2) is 16.7 Å². The highest BCUT2D eigenvalue weighted by Crippen LogP contribution is 2.38. The molecule has 1 aromatic heterocycles. The standard InChI is InChI=1S/C14H16FN3O2/c15-11-5-9(3-4-16)6-12(7-11)19-8-13-17-14(20-18-13)10-1-2-10/h5-7,10H,1-4,8,16H2. The molecule has 0 amide bonds. The molecule has 1 heterocycles. The van der Waals surface area contributed by atoms with E-state index in [-0.39, 0.29) is 12.4 Å². The first-order valence-corrected chi connectivity index (χ1v) is 6.69. The van der Waals surface area contributed by atoms with Gasteiger partial charge in [-0.15, -0.1) is 0 Å². The Morgan fingerprint density at radius 1 is 1.35 bits per heavy atom. The van der Waals surface area contributed by atoms with Crippen molar-refractivity contribution in [1.29, 1.82) is 0 Å². The van der Waals surface area contributed by atoms with Gasteiger partial charge < -0.3 is 15.0 Å². The molecule has 2 N–H and O–H groups in total. The molecule has 1 aliphatic rings. The van der Waals surface area contributed by atoms with Gasteiger partial charge in [0.2, 0.25) is 11.7 Å². The highest BCUT2D eigenvalue weighted by atomic mass is 19.1. The molecule has 0 unspecified atom stereocenters. The minimum atomic E-state index is -0.335. The van der Waals surface area contributed by atoms with Crippen LogP contribution in [0.5, 0.6) is 5.75 Å². The number of hydrogen-bond donors (Lipinski definition) is 1. The first-order valence-electron chi connectivity index (χ1n) is 6.69. The first kappa shape index (κ1) is 13.1. The normalized spacial score (nSPS) is 14.5. The van der Waals surface area contributed by atoms with Crippen molar-refractivity contribution < 1.29 is 13.7 Å². The van der Waals surface area contributed by atoms with Crippen LogP contribution in [-0.2, 0) is 13.0 Å². The molecule has 1 aromatic carbocycles.